The Morgan fingerprint density at radius 3 is 2.76 bits per heavy atom. The fourth-order valence-corrected chi connectivity index (χ4v) is 2.62. The summed E-state index contributed by atoms with van der Waals surface area (Å²) in [6.45, 7) is 2.81. The number of aliphatic imine (C=N–C) groups is 1. The van der Waals surface area contributed by atoms with Crippen LogP contribution in [0.5, 0.6) is 0 Å². The van der Waals surface area contributed by atoms with Crippen molar-refractivity contribution in [2.24, 2.45) is 4.99 Å². The van der Waals surface area contributed by atoms with E-state index in [1.54, 1.807) is 11.8 Å². The number of thioether (sulfide) groups is 1. The first kappa shape index (κ1) is 12.6. The minimum atomic E-state index is -0.327. The molecule has 5 heteroatoms. The van der Waals surface area contributed by atoms with Gasteiger partial charge in [0.15, 0.2) is 5.17 Å². The molecule has 1 amide bonds. The second-order valence-electron chi connectivity index (χ2n) is 3.80. The van der Waals surface area contributed by atoms with Gasteiger partial charge in [0.2, 0.25) is 5.91 Å². The number of amides is 1. The van der Waals surface area contributed by atoms with Gasteiger partial charge in [0.25, 0.3) is 0 Å². The molecule has 0 aromatic heterocycles. The summed E-state index contributed by atoms with van der Waals surface area (Å²) in [5.74, 6) is 0.884. The van der Waals surface area contributed by atoms with Gasteiger partial charge in [-0.3, -0.25) is 9.79 Å². The Labute approximate surface area is 113 Å². The van der Waals surface area contributed by atoms with Gasteiger partial charge < -0.3 is 5.32 Å². The summed E-state index contributed by atoms with van der Waals surface area (Å²) >= 11 is 4.99. The van der Waals surface area contributed by atoms with Crippen LogP contribution in [0, 0.1) is 6.92 Å². The second kappa shape index (κ2) is 5.69. The Kier molecular flexibility index (Phi) is 4.23. The summed E-state index contributed by atoms with van der Waals surface area (Å²) in [4.78, 5) is 15.8. The van der Waals surface area contributed by atoms with Crippen molar-refractivity contribution in [3.8, 4) is 0 Å². The summed E-state index contributed by atoms with van der Waals surface area (Å²) in [6, 6.07) is 7.91. The average molecular weight is 313 g/mol. The summed E-state index contributed by atoms with van der Waals surface area (Å²) < 4.78 is 0. The molecule has 17 heavy (non-hydrogen) atoms. The highest BCUT2D eigenvalue weighted by atomic mass is 79.9. The topological polar surface area (TPSA) is 41.5 Å². The minimum Gasteiger partial charge on any atom is -0.304 e. The summed E-state index contributed by atoms with van der Waals surface area (Å²) in [7, 11) is 0. The van der Waals surface area contributed by atoms with Crippen molar-refractivity contribution < 1.29 is 4.79 Å². The number of alkyl halides is 1. The largest absolute Gasteiger partial charge is 0.304 e. The first-order valence-corrected chi connectivity index (χ1v) is 7.25. The van der Waals surface area contributed by atoms with E-state index in [9.17, 15) is 4.79 Å². The number of hydrogen-bond donors (Lipinski definition) is 1. The molecule has 0 radical (unpaired) electrons. The first-order valence-electron chi connectivity index (χ1n) is 5.35. The molecular formula is C12H13BrN2OS. The molecule has 3 nitrogen and oxygen atoms in total. The number of benzene rings is 1. The van der Waals surface area contributed by atoms with E-state index in [1.165, 1.54) is 5.56 Å². The van der Waals surface area contributed by atoms with Crippen molar-refractivity contribution in [2.45, 2.75) is 11.8 Å². The maximum absolute atomic E-state index is 11.9. The van der Waals surface area contributed by atoms with E-state index in [1.807, 2.05) is 31.2 Å². The van der Waals surface area contributed by atoms with Crippen LogP contribution in [0.15, 0.2) is 29.3 Å². The fraction of sp³-hybridized carbons (Fsp3) is 0.333. The number of halogens is 1. The van der Waals surface area contributed by atoms with Crippen molar-refractivity contribution in [1.82, 2.24) is 5.32 Å². The number of rotatable bonds is 2. The predicted octanol–water partition coefficient (Wildman–Crippen LogP) is 2.65. The summed E-state index contributed by atoms with van der Waals surface area (Å²) in [6.07, 6.45) is 0. The second-order valence-corrected chi connectivity index (χ2v) is 5.80. The van der Waals surface area contributed by atoms with Crippen LogP contribution < -0.4 is 5.32 Å². The summed E-state index contributed by atoms with van der Waals surface area (Å²) in [5.41, 5.74) is 2.14. The lowest BCUT2D eigenvalue weighted by molar-refractivity contribution is -0.119. The molecule has 1 heterocycles. The van der Waals surface area contributed by atoms with Gasteiger partial charge in [-0.2, -0.15) is 0 Å². The van der Waals surface area contributed by atoms with Gasteiger partial charge in [-0.1, -0.05) is 57.5 Å². The molecule has 0 bridgehead atoms. The lowest BCUT2D eigenvalue weighted by Crippen LogP contribution is -2.30. The fourth-order valence-electron chi connectivity index (χ4n) is 1.47. The Morgan fingerprint density at radius 1 is 1.47 bits per heavy atom. The van der Waals surface area contributed by atoms with Crippen LogP contribution in [0.4, 0.5) is 0 Å². The highest BCUT2D eigenvalue weighted by Crippen LogP contribution is 2.23. The van der Waals surface area contributed by atoms with Gasteiger partial charge in [-0.25, -0.2) is 0 Å². The van der Waals surface area contributed by atoms with Crippen LogP contribution in [-0.4, -0.2) is 23.4 Å². The van der Waals surface area contributed by atoms with E-state index in [-0.39, 0.29) is 10.7 Å². The zero-order valence-electron chi connectivity index (χ0n) is 9.44. The molecular weight excluding hydrogens is 300 g/mol. The lowest BCUT2D eigenvalue weighted by Gasteiger charge is -2.10. The quantitative estimate of drug-likeness (QED) is 0.853. The number of carbonyl (C=O) groups is 1. The Bertz CT molecular complexity index is 444. The van der Waals surface area contributed by atoms with Gasteiger partial charge in [-0.15, -0.1) is 0 Å². The zero-order chi connectivity index (χ0) is 12.3. The maximum atomic E-state index is 11.9. The number of nitrogens with one attached hydrogen (secondary N) is 1. The van der Waals surface area contributed by atoms with Crippen molar-refractivity contribution >= 4 is 38.8 Å². The first-order chi connectivity index (χ1) is 8.16. The molecule has 90 valence electrons. The predicted molar refractivity (Wildman–Crippen MR) is 75.7 cm³/mol. The van der Waals surface area contributed by atoms with Crippen LogP contribution in [0.2, 0.25) is 0 Å². The van der Waals surface area contributed by atoms with Gasteiger partial charge >= 0.3 is 0 Å². The number of amidine groups is 1. The minimum absolute atomic E-state index is 0.0676. The van der Waals surface area contributed by atoms with Gasteiger partial charge in [0.05, 0.1) is 6.54 Å². The molecule has 1 atom stereocenters. The third-order valence-corrected chi connectivity index (χ3v) is 4.25. The van der Waals surface area contributed by atoms with Gasteiger partial charge in [0, 0.05) is 5.75 Å². The normalized spacial score (nSPS) is 16.5. The molecule has 1 aromatic rings. The Morgan fingerprint density at radius 2 is 2.18 bits per heavy atom. The molecule has 0 saturated heterocycles. The maximum Gasteiger partial charge on any atom is 0.244 e. The molecule has 2 rings (SSSR count). The number of nitrogens with zero attached hydrogens (tertiary/aromatic N) is 1. The average Bonchev–Trinajstić information content (AvgIpc) is 2.82. The van der Waals surface area contributed by atoms with Crippen LogP contribution in [0.3, 0.4) is 0 Å². The third kappa shape index (κ3) is 3.33. The van der Waals surface area contributed by atoms with E-state index in [2.05, 4.69) is 26.2 Å². The highest BCUT2D eigenvalue weighted by molar-refractivity contribution is 9.09. The highest BCUT2D eigenvalue weighted by Gasteiger charge is 2.19. The molecule has 1 N–H and O–H groups in total. The van der Waals surface area contributed by atoms with Crippen LogP contribution in [0.25, 0.3) is 0 Å². The molecule has 0 aliphatic carbocycles. The van der Waals surface area contributed by atoms with Gasteiger partial charge in [0.1, 0.15) is 4.83 Å². The molecule has 1 unspecified atom stereocenters. The van der Waals surface area contributed by atoms with Crippen LogP contribution in [0.1, 0.15) is 16.0 Å². The van der Waals surface area contributed by atoms with E-state index >= 15 is 0 Å². The standard InChI is InChI=1S/C12H13BrN2OS/c1-8-2-4-9(5-3-8)10(13)11(16)15-12-14-6-7-17-12/h2-5,10H,6-7H2,1H3,(H,14,15,16). The van der Waals surface area contributed by atoms with Gasteiger partial charge in [-0.05, 0) is 12.5 Å². The van der Waals surface area contributed by atoms with Crippen molar-refractivity contribution in [3.05, 3.63) is 35.4 Å². The number of aryl methyl sites for hydroxylation is 1. The number of hydrogen-bond acceptors (Lipinski definition) is 3. The molecule has 1 aromatic carbocycles. The summed E-state index contributed by atoms with van der Waals surface area (Å²) in [5, 5.41) is 3.55. The van der Waals surface area contributed by atoms with Crippen molar-refractivity contribution in [1.29, 1.82) is 0 Å². The van der Waals surface area contributed by atoms with Crippen LogP contribution in [-0.2, 0) is 4.79 Å². The van der Waals surface area contributed by atoms with E-state index in [4.69, 9.17) is 0 Å². The smallest absolute Gasteiger partial charge is 0.244 e. The van der Waals surface area contributed by atoms with Crippen molar-refractivity contribution in [3.63, 3.8) is 0 Å². The van der Waals surface area contributed by atoms with E-state index in [0.717, 1.165) is 23.0 Å². The lowest BCUT2D eigenvalue weighted by atomic mass is 10.1. The molecule has 0 fully saturated rings. The Balaban J connectivity index is 2.01. The molecule has 0 saturated carbocycles. The number of carbonyl (C=O) groups excluding carboxylic acids is 1. The molecule has 1 aliphatic rings. The molecule has 1 aliphatic heterocycles. The van der Waals surface area contributed by atoms with E-state index in [0.29, 0.717) is 0 Å². The SMILES string of the molecule is Cc1ccc(C(Br)C(=O)NC2=NCCS2)cc1. The Hall–Kier alpha value is -0.810. The van der Waals surface area contributed by atoms with E-state index < -0.39 is 0 Å². The third-order valence-electron chi connectivity index (χ3n) is 2.42. The molecule has 0 spiro atoms. The zero-order valence-corrected chi connectivity index (χ0v) is 11.8. The van der Waals surface area contributed by atoms with Crippen molar-refractivity contribution in [2.75, 3.05) is 12.3 Å². The van der Waals surface area contributed by atoms with Crippen LogP contribution >= 0.6 is 27.7 Å². The monoisotopic (exact) mass is 312 g/mol.